The van der Waals surface area contributed by atoms with Gasteiger partial charge in [0, 0.05) is 26.1 Å². The van der Waals surface area contributed by atoms with Gasteiger partial charge < -0.3 is 15.5 Å². The van der Waals surface area contributed by atoms with Crippen LogP contribution in [0, 0.1) is 0 Å². The summed E-state index contributed by atoms with van der Waals surface area (Å²) in [6.07, 6.45) is 2.60. The molecule has 0 aromatic heterocycles. The molecule has 1 fully saturated rings. The number of nitrogens with zero attached hydrogens (tertiary/aromatic N) is 1. The summed E-state index contributed by atoms with van der Waals surface area (Å²) < 4.78 is 0. The topological polar surface area (TPSA) is 61.4 Å². The Hall–Kier alpha value is -1.10. The average Bonchev–Trinajstić information content (AvgIpc) is 2.82. The van der Waals surface area contributed by atoms with Crippen molar-refractivity contribution in [3.8, 4) is 0 Å². The highest BCUT2D eigenvalue weighted by molar-refractivity contribution is 5.86. The third kappa shape index (κ3) is 4.29. The first-order valence-corrected chi connectivity index (χ1v) is 6.78. The first kappa shape index (κ1) is 15.0. The van der Waals surface area contributed by atoms with E-state index >= 15 is 0 Å². The van der Waals surface area contributed by atoms with Crippen molar-refractivity contribution in [1.29, 1.82) is 0 Å². The quantitative estimate of drug-likeness (QED) is 0.726. The van der Waals surface area contributed by atoms with Crippen LogP contribution in [-0.2, 0) is 9.59 Å². The van der Waals surface area contributed by atoms with Crippen LogP contribution in [-0.4, -0.2) is 48.4 Å². The van der Waals surface area contributed by atoms with Crippen LogP contribution in [0.3, 0.4) is 0 Å². The van der Waals surface area contributed by atoms with Gasteiger partial charge >= 0.3 is 0 Å². The van der Waals surface area contributed by atoms with E-state index in [0.29, 0.717) is 13.0 Å². The van der Waals surface area contributed by atoms with E-state index < -0.39 is 5.54 Å². The summed E-state index contributed by atoms with van der Waals surface area (Å²) in [4.78, 5) is 25.5. The molecule has 5 nitrogen and oxygen atoms in total. The Balaban J connectivity index is 2.24. The summed E-state index contributed by atoms with van der Waals surface area (Å²) in [6, 6.07) is 0. The van der Waals surface area contributed by atoms with Gasteiger partial charge in [-0.1, -0.05) is 6.92 Å². The number of nitrogens with one attached hydrogen (secondary N) is 2. The molecule has 1 rings (SSSR count). The van der Waals surface area contributed by atoms with Crippen molar-refractivity contribution in [3.63, 3.8) is 0 Å². The second-order valence-electron chi connectivity index (χ2n) is 5.25. The van der Waals surface area contributed by atoms with Crippen molar-refractivity contribution in [2.75, 3.05) is 26.2 Å². The monoisotopic (exact) mass is 255 g/mol. The maximum atomic E-state index is 11.9. The summed E-state index contributed by atoms with van der Waals surface area (Å²) in [5.41, 5.74) is -0.578. The molecule has 2 amide bonds. The fourth-order valence-electron chi connectivity index (χ4n) is 2.15. The lowest BCUT2D eigenvalue weighted by atomic mass is 10.0. The summed E-state index contributed by atoms with van der Waals surface area (Å²) in [6.45, 7) is 8.55. The number of carbonyl (C=O) groups excluding carboxylic acids is 2. The first-order chi connectivity index (χ1) is 8.47. The van der Waals surface area contributed by atoms with Crippen LogP contribution >= 0.6 is 0 Å². The second-order valence-corrected chi connectivity index (χ2v) is 5.25. The highest BCUT2D eigenvalue weighted by Crippen LogP contribution is 2.08. The molecule has 5 heteroatoms. The van der Waals surface area contributed by atoms with Gasteiger partial charge in [0.05, 0.1) is 5.54 Å². The van der Waals surface area contributed by atoms with Gasteiger partial charge in [0.25, 0.3) is 0 Å². The van der Waals surface area contributed by atoms with Crippen molar-refractivity contribution in [3.05, 3.63) is 0 Å². The normalized spacial score (nSPS) is 15.8. The molecule has 0 bridgehead atoms. The molecular weight excluding hydrogens is 230 g/mol. The molecule has 0 unspecified atom stereocenters. The molecule has 0 radical (unpaired) electrons. The molecule has 1 aliphatic heterocycles. The minimum Gasteiger partial charge on any atom is -0.354 e. The Morgan fingerprint density at radius 2 is 1.83 bits per heavy atom. The zero-order valence-electron chi connectivity index (χ0n) is 11.7. The van der Waals surface area contributed by atoms with E-state index in [0.717, 1.165) is 32.5 Å². The molecule has 18 heavy (non-hydrogen) atoms. The summed E-state index contributed by atoms with van der Waals surface area (Å²) in [5, 5.41) is 5.92. The Kier molecular flexibility index (Phi) is 5.59. The van der Waals surface area contributed by atoms with E-state index in [2.05, 4.69) is 10.6 Å². The molecule has 0 atom stereocenters. The predicted octanol–water partition coefficient (Wildman–Crippen LogP) is 0.503. The van der Waals surface area contributed by atoms with Crippen molar-refractivity contribution in [2.24, 2.45) is 0 Å². The lowest BCUT2D eigenvalue weighted by Gasteiger charge is -2.24. The SMILES string of the molecule is CCNC(C)(C)C(=O)NCCC(=O)N1CCCC1. The maximum Gasteiger partial charge on any atom is 0.239 e. The Morgan fingerprint density at radius 3 is 2.39 bits per heavy atom. The molecule has 2 N–H and O–H groups in total. The van der Waals surface area contributed by atoms with Gasteiger partial charge in [-0.15, -0.1) is 0 Å². The number of likely N-dealkylation sites (N-methyl/N-ethyl adjacent to an activating group) is 1. The lowest BCUT2D eigenvalue weighted by Crippen LogP contribution is -2.53. The van der Waals surface area contributed by atoms with Gasteiger partial charge in [0.1, 0.15) is 0 Å². The largest absolute Gasteiger partial charge is 0.354 e. The van der Waals surface area contributed by atoms with E-state index in [9.17, 15) is 9.59 Å². The van der Waals surface area contributed by atoms with Gasteiger partial charge in [-0.2, -0.15) is 0 Å². The van der Waals surface area contributed by atoms with Crippen LogP contribution in [0.4, 0.5) is 0 Å². The van der Waals surface area contributed by atoms with E-state index in [1.807, 2.05) is 25.7 Å². The lowest BCUT2D eigenvalue weighted by molar-refractivity contribution is -0.130. The van der Waals surface area contributed by atoms with Crippen LogP contribution in [0.1, 0.15) is 40.0 Å². The fraction of sp³-hybridized carbons (Fsp3) is 0.846. The minimum absolute atomic E-state index is 0.0569. The fourth-order valence-corrected chi connectivity index (χ4v) is 2.15. The zero-order valence-corrected chi connectivity index (χ0v) is 11.7. The molecule has 0 saturated carbocycles. The van der Waals surface area contributed by atoms with E-state index in [4.69, 9.17) is 0 Å². The van der Waals surface area contributed by atoms with Crippen molar-refractivity contribution >= 4 is 11.8 Å². The Morgan fingerprint density at radius 1 is 1.22 bits per heavy atom. The second kappa shape index (κ2) is 6.73. The van der Waals surface area contributed by atoms with E-state index in [-0.39, 0.29) is 11.8 Å². The zero-order chi connectivity index (χ0) is 13.6. The average molecular weight is 255 g/mol. The van der Waals surface area contributed by atoms with Crippen molar-refractivity contribution < 1.29 is 9.59 Å². The predicted molar refractivity (Wildman–Crippen MR) is 71.2 cm³/mol. The molecule has 1 saturated heterocycles. The van der Waals surface area contributed by atoms with Crippen LogP contribution in [0.5, 0.6) is 0 Å². The molecular formula is C13H25N3O2. The van der Waals surface area contributed by atoms with Crippen LogP contribution in [0.25, 0.3) is 0 Å². The Bertz CT molecular complexity index is 297. The van der Waals surface area contributed by atoms with Gasteiger partial charge in [-0.3, -0.25) is 9.59 Å². The highest BCUT2D eigenvalue weighted by Gasteiger charge is 2.26. The van der Waals surface area contributed by atoms with Crippen LogP contribution in [0.2, 0.25) is 0 Å². The minimum atomic E-state index is -0.578. The van der Waals surface area contributed by atoms with Crippen molar-refractivity contribution in [1.82, 2.24) is 15.5 Å². The number of hydrogen-bond donors (Lipinski definition) is 2. The summed E-state index contributed by atoms with van der Waals surface area (Å²) >= 11 is 0. The van der Waals surface area contributed by atoms with Crippen LogP contribution < -0.4 is 10.6 Å². The first-order valence-electron chi connectivity index (χ1n) is 6.78. The van der Waals surface area contributed by atoms with E-state index in [1.54, 1.807) is 0 Å². The third-order valence-corrected chi connectivity index (χ3v) is 3.27. The number of amides is 2. The maximum absolute atomic E-state index is 11.9. The molecule has 0 aromatic rings. The summed E-state index contributed by atoms with van der Waals surface area (Å²) in [5.74, 6) is 0.0904. The van der Waals surface area contributed by atoms with Gasteiger partial charge in [-0.05, 0) is 33.2 Å². The third-order valence-electron chi connectivity index (χ3n) is 3.27. The van der Waals surface area contributed by atoms with Crippen LogP contribution in [0.15, 0.2) is 0 Å². The highest BCUT2D eigenvalue weighted by atomic mass is 16.2. The molecule has 1 aliphatic rings. The van der Waals surface area contributed by atoms with Crippen molar-refractivity contribution in [2.45, 2.75) is 45.6 Å². The number of rotatable bonds is 6. The molecule has 0 aromatic carbocycles. The van der Waals surface area contributed by atoms with Gasteiger partial charge in [0.15, 0.2) is 0 Å². The van der Waals surface area contributed by atoms with Gasteiger partial charge in [0.2, 0.25) is 11.8 Å². The van der Waals surface area contributed by atoms with E-state index in [1.165, 1.54) is 0 Å². The Labute approximate surface area is 109 Å². The molecule has 0 spiro atoms. The summed E-state index contributed by atoms with van der Waals surface area (Å²) in [7, 11) is 0. The molecule has 1 heterocycles. The van der Waals surface area contributed by atoms with Gasteiger partial charge in [-0.25, -0.2) is 0 Å². The standard InChI is InChI=1S/C13H25N3O2/c1-4-15-13(2,3)12(18)14-8-7-11(17)16-9-5-6-10-16/h15H,4-10H2,1-3H3,(H,14,18). The number of carbonyl (C=O) groups is 2. The molecule has 0 aliphatic carbocycles. The number of likely N-dealkylation sites (tertiary alicyclic amines) is 1. The molecule has 104 valence electrons. The number of hydrogen-bond acceptors (Lipinski definition) is 3. The smallest absolute Gasteiger partial charge is 0.239 e.